The first kappa shape index (κ1) is 25.6. The molecule has 0 amide bonds. The van der Waals surface area contributed by atoms with Crippen LogP contribution in [0.3, 0.4) is 0 Å². The predicted octanol–water partition coefficient (Wildman–Crippen LogP) is 3.45. The van der Waals surface area contributed by atoms with Crippen molar-refractivity contribution >= 4 is 34.1 Å². The Balaban J connectivity index is 2.21. The first-order chi connectivity index (χ1) is 17.4. The van der Waals surface area contributed by atoms with E-state index in [1.165, 1.54) is 18.1 Å². The maximum absolute atomic E-state index is 13.7. The second kappa shape index (κ2) is 10.6. The van der Waals surface area contributed by atoms with Crippen LogP contribution in [0.4, 0.5) is 0 Å². The normalized spacial score (nSPS) is 11.5. The summed E-state index contributed by atoms with van der Waals surface area (Å²) >= 11 is 5.71. The van der Waals surface area contributed by atoms with Crippen molar-refractivity contribution in [3.8, 4) is 5.88 Å². The average Bonchev–Trinajstić information content (AvgIpc) is 3.27. The molecule has 4 aromatic rings. The van der Waals surface area contributed by atoms with Gasteiger partial charge in [0.25, 0.3) is 11.1 Å². The van der Waals surface area contributed by atoms with E-state index in [-0.39, 0.29) is 46.3 Å². The van der Waals surface area contributed by atoms with Crippen LogP contribution in [-0.2, 0) is 19.5 Å². The van der Waals surface area contributed by atoms with Gasteiger partial charge in [-0.1, -0.05) is 82.6 Å². The lowest BCUT2D eigenvalue weighted by molar-refractivity contribution is 0.436. The molecule has 9 nitrogen and oxygen atoms in total. The summed E-state index contributed by atoms with van der Waals surface area (Å²) in [6.45, 7) is 6.51. The van der Waals surface area contributed by atoms with Crippen LogP contribution in [0.15, 0.2) is 44.7 Å². The van der Waals surface area contributed by atoms with Crippen molar-refractivity contribution in [3.63, 3.8) is 0 Å². The summed E-state index contributed by atoms with van der Waals surface area (Å²) in [4.78, 5) is 45.5. The van der Waals surface area contributed by atoms with E-state index < -0.39 is 16.8 Å². The summed E-state index contributed by atoms with van der Waals surface area (Å²) in [7, 11) is 0. The number of aryl methyl sites for hydroxylation is 1. The maximum Gasteiger partial charge on any atom is 0.332 e. The minimum absolute atomic E-state index is 0.0104. The van der Waals surface area contributed by atoms with Crippen molar-refractivity contribution in [1.82, 2.24) is 23.1 Å². The van der Waals surface area contributed by atoms with Crippen molar-refractivity contribution in [3.05, 3.63) is 72.7 Å². The minimum Gasteiger partial charge on any atom is -0.494 e. The molecule has 0 aliphatic carbocycles. The molecule has 1 N–H and O–H groups in total. The van der Waals surface area contributed by atoms with Gasteiger partial charge in [-0.25, -0.2) is 13.8 Å². The Morgan fingerprint density at radius 3 is 2.17 bits per heavy atom. The van der Waals surface area contributed by atoms with E-state index in [4.69, 9.17) is 12.2 Å². The van der Waals surface area contributed by atoms with Crippen molar-refractivity contribution in [2.75, 3.05) is 0 Å². The Kier molecular flexibility index (Phi) is 7.53. The molecule has 10 heteroatoms. The SMILES string of the molecule is CCCCn1c(=O)c2c(nc3n(C(=S)c4ccccc4)c(=O)c(CCC)c(O)n23)n(CCCC)c1=O. The second-order valence-electron chi connectivity index (χ2n) is 8.88. The van der Waals surface area contributed by atoms with Gasteiger partial charge in [-0.05, 0) is 19.3 Å². The summed E-state index contributed by atoms with van der Waals surface area (Å²) in [6, 6.07) is 9.05. The number of unbranched alkanes of at least 4 members (excludes halogenated alkanes) is 2. The summed E-state index contributed by atoms with van der Waals surface area (Å²) in [5.41, 5.74) is -0.494. The van der Waals surface area contributed by atoms with Crippen LogP contribution in [0.25, 0.3) is 16.9 Å². The summed E-state index contributed by atoms with van der Waals surface area (Å²) < 4.78 is 5.24. The number of benzene rings is 1. The Hall–Kier alpha value is -3.53. The van der Waals surface area contributed by atoms with Gasteiger partial charge in [-0.3, -0.25) is 18.7 Å². The largest absolute Gasteiger partial charge is 0.494 e. The van der Waals surface area contributed by atoms with Crippen molar-refractivity contribution in [1.29, 1.82) is 0 Å². The van der Waals surface area contributed by atoms with Crippen molar-refractivity contribution < 1.29 is 5.11 Å². The van der Waals surface area contributed by atoms with Crippen molar-refractivity contribution in [2.45, 2.75) is 72.4 Å². The predicted molar refractivity (Wildman–Crippen MR) is 144 cm³/mol. The van der Waals surface area contributed by atoms with Crippen LogP contribution in [-0.4, -0.2) is 33.2 Å². The fraction of sp³-hybridized carbons (Fsp3) is 0.423. The highest BCUT2D eigenvalue weighted by Crippen LogP contribution is 2.23. The number of hydrogen-bond acceptors (Lipinski definition) is 6. The van der Waals surface area contributed by atoms with Gasteiger partial charge in [0.15, 0.2) is 11.2 Å². The highest BCUT2D eigenvalue weighted by molar-refractivity contribution is 7.80. The fourth-order valence-electron chi connectivity index (χ4n) is 4.43. The molecular formula is C26H31N5O4S. The zero-order chi connectivity index (χ0) is 26.0. The molecule has 3 heterocycles. The smallest absolute Gasteiger partial charge is 0.332 e. The monoisotopic (exact) mass is 509 g/mol. The number of hydrogen-bond donors (Lipinski definition) is 1. The lowest BCUT2D eigenvalue weighted by Gasteiger charge is -2.14. The molecule has 0 unspecified atom stereocenters. The van der Waals surface area contributed by atoms with Crippen LogP contribution in [0, 0.1) is 0 Å². The Labute approximate surface area is 213 Å². The van der Waals surface area contributed by atoms with E-state index in [9.17, 15) is 19.5 Å². The standard InChI is InChI=1S/C26H31N5O4S/c1-4-7-15-28-20-19(23(34)29(26(28)35)16-8-5-2)30-21(32)18(12-6-3)22(33)31(25(30)27-20)24(36)17-13-10-9-11-14-17/h9-11,13-14,32H,4-8,12,15-16H2,1-3H3. The summed E-state index contributed by atoms with van der Waals surface area (Å²) in [5.74, 6) is -0.331. The molecule has 1 aromatic carbocycles. The van der Waals surface area contributed by atoms with Crippen LogP contribution >= 0.6 is 12.2 Å². The molecule has 0 aliphatic rings. The Morgan fingerprint density at radius 2 is 1.56 bits per heavy atom. The van der Waals surface area contributed by atoms with Gasteiger partial charge < -0.3 is 5.11 Å². The number of fused-ring (bicyclic) bond motifs is 3. The molecular weight excluding hydrogens is 478 g/mol. The second-order valence-corrected chi connectivity index (χ2v) is 9.27. The zero-order valence-electron chi connectivity index (χ0n) is 20.9. The third-order valence-electron chi connectivity index (χ3n) is 6.34. The molecule has 0 radical (unpaired) electrons. The van der Waals surface area contributed by atoms with Gasteiger partial charge in [0.1, 0.15) is 4.99 Å². The van der Waals surface area contributed by atoms with Crippen LogP contribution in [0.1, 0.15) is 64.0 Å². The van der Waals surface area contributed by atoms with Gasteiger partial charge >= 0.3 is 5.69 Å². The molecule has 0 saturated heterocycles. The first-order valence-electron chi connectivity index (χ1n) is 12.5. The third kappa shape index (κ3) is 4.19. The number of rotatable bonds is 9. The zero-order valence-corrected chi connectivity index (χ0v) is 21.7. The summed E-state index contributed by atoms with van der Waals surface area (Å²) in [6.07, 6.45) is 3.89. The molecule has 3 aromatic heterocycles. The highest BCUT2D eigenvalue weighted by Gasteiger charge is 2.26. The number of aromatic nitrogens is 5. The molecule has 190 valence electrons. The number of thiocarbonyl (C=S) groups is 1. The molecule has 4 rings (SSSR count). The number of nitrogens with zero attached hydrogens (tertiary/aromatic N) is 5. The van der Waals surface area contributed by atoms with Gasteiger partial charge in [-0.2, -0.15) is 4.98 Å². The molecule has 0 fully saturated rings. The minimum atomic E-state index is -0.544. The van der Waals surface area contributed by atoms with Gasteiger partial charge in [0.05, 0.1) is 5.56 Å². The fourth-order valence-corrected chi connectivity index (χ4v) is 4.73. The summed E-state index contributed by atoms with van der Waals surface area (Å²) in [5, 5.41) is 11.3. The lowest BCUT2D eigenvalue weighted by atomic mass is 10.1. The van der Waals surface area contributed by atoms with E-state index in [2.05, 4.69) is 4.98 Å². The van der Waals surface area contributed by atoms with Gasteiger partial charge in [0.2, 0.25) is 11.7 Å². The number of imidazole rings is 1. The van der Waals surface area contributed by atoms with E-state index >= 15 is 0 Å². The molecule has 0 atom stereocenters. The third-order valence-corrected chi connectivity index (χ3v) is 6.76. The molecule has 0 spiro atoms. The molecule has 0 saturated carbocycles. The van der Waals surface area contributed by atoms with Crippen molar-refractivity contribution in [2.24, 2.45) is 0 Å². The number of aromatic hydroxyl groups is 1. The topological polar surface area (TPSA) is 104 Å². The van der Waals surface area contributed by atoms with Gasteiger partial charge in [-0.15, -0.1) is 0 Å². The van der Waals surface area contributed by atoms with Gasteiger partial charge in [0, 0.05) is 18.7 Å². The first-order valence-corrected chi connectivity index (χ1v) is 12.9. The quantitative estimate of drug-likeness (QED) is 0.347. The Bertz CT molecular complexity index is 1610. The van der Waals surface area contributed by atoms with E-state index in [1.807, 2.05) is 39.0 Å². The van der Waals surface area contributed by atoms with Crippen LogP contribution in [0.2, 0.25) is 0 Å². The van der Waals surface area contributed by atoms with E-state index in [1.54, 1.807) is 12.1 Å². The molecule has 0 aliphatic heterocycles. The van der Waals surface area contributed by atoms with E-state index in [0.717, 1.165) is 12.8 Å². The highest BCUT2D eigenvalue weighted by atomic mass is 32.1. The Morgan fingerprint density at radius 1 is 0.917 bits per heavy atom. The lowest BCUT2D eigenvalue weighted by Crippen LogP contribution is -2.40. The molecule has 36 heavy (non-hydrogen) atoms. The van der Waals surface area contributed by atoms with Crippen LogP contribution < -0.4 is 16.8 Å². The average molecular weight is 510 g/mol. The molecule has 0 bridgehead atoms. The van der Waals surface area contributed by atoms with Crippen LogP contribution in [0.5, 0.6) is 5.88 Å². The maximum atomic E-state index is 13.7. The van der Waals surface area contributed by atoms with E-state index in [0.29, 0.717) is 31.4 Å².